The Morgan fingerprint density at radius 1 is 0.143 bits per heavy atom. The molecule has 15 aromatic rings. The van der Waals surface area contributed by atoms with Gasteiger partial charge in [0.25, 0.3) is 0 Å². The van der Waals surface area contributed by atoms with Crippen LogP contribution in [0.1, 0.15) is 0 Å². The first kappa shape index (κ1) is 37.9. The van der Waals surface area contributed by atoms with Gasteiger partial charge in [-0.15, -0.1) is 0 Å². The van der Waals surface area contributed by atoms with Crippen molar-refractivity contribution in [1.29, 1.82) is 0 Å². The van der Waals surface area contributed by atoms with Crippen LogP contribution in [0, 0.1) is 0 Å². The van der Waals surface area contributed by atoms with Crippen molar-refractivity contribution in [1.82, 2.24) is 0 Å². The van der Waals surface area contributed by atoms with Gasteiger partial charge in [0.15, 0.2) is 0 Å². The Kier molecular flexibility index (Phi) is 7.70. The topological polar surface area (TPSA) is 0 Å². The Balaban J connectivity index is 1.11. The summed E-state index contributed by atoms with van der Waals surface area (Å²) in [7, 11) is 0. The summed E-state index contributed by atoms with van der Waals surface area (Å²) in [5, 5.41) is 20.9. The van der Waals surface area contributed by atoms with Gasteiger partial charge in [-0.3, -0.25) is 0 Å². The minimum atomic E-state index is 1.21. The summed E-state index contributed by atoms with van der Waals surface area (Å²) >= 11 is 0. The van der Waals surface area contributed by atoms with E-state index in [0.29, 0.717) is 0 Å². The van der Waals surface area contributed by atoms with Crippen molar-refractivity contribution in [3.8, 4) is 77.9 Å². The van der Waals surface area contributed by atoms with E-state index >= 15 is 0 Å². The second-order valence-corrected chi connectivity index (χ2v) is 19.3. The van der Waals surface area contributed by atoms with Gasteiger partial charge in [-0.05, 0) is 182 Å². The SMILES string of the molecule is c1ccc(-c2cccc(-c3c4cc5c6ccccc6c6cccc(c4c(-c4cccc(-c7ccccc7)c4)c4c7cccc8c(-c9ccc%10c%11c(cccc9%11)-c9ccccc9-%10)ccc(c34)c87)c65)c2)cc1. The first-order chi connectivity index (χ1) is 34.8. The summed E-state index contributed by atoms with van der Waals surface area (Å²) in [6.45, 7) is 0. The molecule has 15 aromatic carbocycles. The van der Waals surface area contributed by atoms with E-state index in [-0.39, 0.29) is 0 Å². The van der Waals surface area contributed by atoms with Gasteiger partial charge in [0.1, 0.15) is 0 Å². The molecule has 1 aliphatic carbocycles. The predicted octanol–water partition coefficient (Wildman–Crippen LogP) is 19.8. The molecule has 0 heterocycles. The Morgan fingerprint density at radius 3 is 1.23 bits per heavy atom. The van der Waals surface area contributed by atoms with Crippen LogP contribution in [0.3, 0.4) is 0 Å². The lowest BCUT2D eigenvalue weighted by atomic mass is 9.83. The second kappa shape index (κ2) is 14.2. The van der Waals surface area contributed by atoms with Gasteiger partial charge in [-0.2, -0.15) is 0 Å². The van der Waals surface area contributed by atoms with E-state index in [9.17, 15) is 0 Å². The number of hydrogen-bond acceptors (Lipinski definition) is 0. The molecule has 0 bridgehead atoms. The number of rotatable bonds is 5. The minimum Gasteiger partial charge on any atom is -0.0622 e. The van der Waals surface area contributed by atoms with Crippen molar-refractivity contribution >= 4 is 86.2 Å². The molecule has 16 rings (SSSR count). The molecular weight excluding hydrogens is 841 g/mol. The second-order valence-electron chi connectivity index (χ2n) is 19.3. The Morgan fingerprint density at radius 2 is 0.543 bits per heavy atom. The molecule has 320 valence electrons. The van der Waals surface area contributed by atoms with Crippen LogP contribution in [0.4, 0.5) is 0 Å². The molecule has 0 amide bonds. The van der Waals surface area contributed by atoms with Gasteiger partial charge in [0.05, 0.1) is 0 Å². The monoisotopic (exact) mass is 880 g/mol. The fourth-order valence-electron chi connectivity index (χ4n) is 13.0. The predicted molar refractivity (Wildman–Crippen MR) is 300 cm³/mol. The van der Waals surface area contributed by atoms with Crippen LogP contribution >= 0.6 is 0 Å². The zero-order chi connectivity index (χ0) is 45.6. The lowest BCUT2D eigenvalue weighted by Gasteiger charge is -2.20. The first-order valence-electron chi connectivity index (χ1n) is 24.5. The Labute approximate surface area is 404 Å². The van der Waals surface area contributed by atoms with E-state index in [0.717, 1.165) is 0 Å². The summed E-state index contributed by atoms with van der Waals surface area (Å²) in [4.78, 5) is 0. The molecule has 0 spiro atoms. The molecule has 0 nitrogen and oxygen atoms in total. The maximum atomic E-state index is 2.56. The largest absolute Gasteiger partial charge is 0.0622 e. The molecule has 0 aliphatic heterocycles. The Bertz CT molecular complexity index is 4640. The van der Waals surface area contributed by atoms with E-state index < -0.39 is 0 Å². The van der Waals surface area contributed by atoms with E-state index in [2.05, 4.69) is 243 Å². The Hall–Kier alpha value is -9.10. The first-order valence-corrected chi connectivity index (χ1v) is 24.5. The average Bonchev–Trinajstić information content (AvgIpc) is 4.06. The molecule has 0 saturated carbocycles. The summed E-state index contributed by atoms with van der Waals surface area (Å²) in [5.41, 5.74) is 17.7. The van der Waals surface area contributed by atoms with Gasteiger partial charge in [-0.25, -0.2) is 0 Å². The zero-order valence-corrected chi connectivity index (χ0v) is 38.1. The summed E-state index contributed by atoms with van der Waals surface area (Å²) in [6, 6.07) is 91.4. The van der Waals surface area contributed by atoms with Gasteiger partial charge in [-0.1, -0.05) is 224 Å². The third kappa shape index (κ3) is 5.09. The third-order valence-corrected chi connectivity index (χ3v) is 15.9. The minimum absolute atomic E-state index is 1.21. The molecule has 0 radical (unpaired) electrons. The van der Waals surface area contributed by atoms with Crippen LogP contribution in [0.15, 0.2) is 243 Å². The van der Waals surface area contributed by atoms with Crippen molar-refractivity contribution < 1.29 is 0 Å². The van der Waals surface area contributed by atoms with E-state index in [1.54, 1.807) is 0 Å². The molecule has 0 atom stereocenters. The zero-order valence-electron chi connectivity index (χ0n) is 38.1. The maximum absolute atomic E-state index is 2.56. The summed E-state index contributed by atoms with van der Waals surface area (Å²) < 4.78 is 0. The fourth-order valence-corrected chi connectivity index (χ4v) is 13.0. The highest BCUT2D eigenvalue weighted by Gasteiger charge is 2.29. The normalized spacial score (nSPS) is 12.3. The number of hydrogen-bond donors (Lipinski definition) is 0. The smallest absolute Gasteiger partial charge is 0.000719 e. The van der Waals surface area contributed by atoms with E-state index in [1.807, 2.05) is 0 Å². The van der Waals surface area contributed by atoms with E-state index in [1.165, 1.54) is 164 Å². The van der Waals surface area contributed by atoms with Gasteiger partial charge >= 0.3 is 0 Å². The maximum Gasteiger partial charge on any atom is -0.000719 e. The van der Waals surface area contributed by atoms with Crippen LogP contribution in [-0.4, -0.2) is 0 Å². The van der Waals surface area contributed by atoms with Crippen molar-refractivity contribution in [2.45, 2.75) is 0 Å². The van der Waals surface area contributed by atoms with Gasteiger partial charge in [0, 0.05) is 0 Å². The van der Waals surface area contributed by atoms with Gasteiger partial charge < -0.3 is 0 Å². The lowest BCUT2D eigenvalue weighted by molar-refractivity contribution is 1.61. The van der Waals surface area contributed by atoms with Gasteiger partial charge in [0.2, 0.25) is 0 Å². The molecular formula is C70H40. The summed E-state index contributed by atoms with van der Waals surface area (Å²) in [6.07, 6.45) is 0. The highest BCUT2D eigenvalue weighted by molar-refractivity contribution is 6.45. The molecule has 0 saturated heterocycles. The molecule has 0 fully saturated rings. The molecule has 0 aromatic heterocycles. The molecule has 1 aliphatic rings. The number of benzene rings is 13. The summed E-state index contributed by atoms with van der Waals surface area (Å²) in [5.74, 6) is 0. The standard InChI is InChI=1S/C70H40/c1-3-16-41(17-4-1)43-20-11-22-45(38-43)63-62-40-61-50-27-10-9-26-49(50)54-30-14-32-58(67(54)61)68(62)64(46-23-12-21-44(39-46)42-18-5-2-6-19-42)70-59-33-15-31-56-52(35-37-60(66(56)59)69(63)70)51-34-36-57-48-25-8-7-24-47(48)53-28-13-29-55(51)65(53)57/h1-40H. The van der Waals surface area contributed by atoms with Crippen LogP contribution in [0.2, 0.25) is 0 Å². The van der Waals surface area contributed by atoms with Crippen LogP contribution in [0.25, 0.3) is 164 Å². The van der Waals surface area contributed by atoms with E-state index in [4.69, 9.17) is 0 Å². The third-order valence-electron chi connectivity index (χ3n) is 15.9. The van der Waals surface area contributed by atoms with Crippen molar-refractivity contribution in [3.63, 3.8) is 0 Å². The lowest BCUT2D eigenvalue weighted by Crippen LogP contribution is -1.92. The highest BCUT2D eigenvalue weighted by Crippen LogP contribution is 2.57. The van der Waals surface area contributed by atoms with Crippen molar-refractivity contribution in [2.75, 3.05) is 0 Å². The van der Waals surface area contributed by atoms with Crippen molar-refractivity contribution in [3.05, 3.63) is 243 Å². The molecule has 0 N–H and O–H groups in total. The average molecular weight is 881 g/mol. The van der Waals surface area contributed by atoms with Crippen molar-refractivity contribution in [2.24, 2.45) is 0 Å². The fraction of sp³-hybridized carbons (Fsp3) is 0. The van der Waals surface area contributed by atoms with Crippen LogP contribution in [0.5, 0.6) is 0 Å². The van der Waals surface area contributed by atoms with Crippen LogP contribution < -0.4 is 0 Å². The van der Waals surface area contributed by atoms with Crippen LogP contribution in [-0.2, 0) is 0 Å². The molecule has 0 unspecified atom stereocenters. The quantitative estimate of drug-likeness (QED) is 0.151. The molecule has 70 heavy (non-hydrogen) atoms. The molecule has 0 heteroatoms. The number of fused-ring (bicyclic) bond motifs is 11. The highest BCUT2D eigenvalue weighted by atomic mass is 14.3.